The van der Waals surface area contributed by atoms with Crippen molar-refractivity contribution in [3.05, 3.63) is 0 Å². The minimum atomic E-state index is 0. The summed E-state index contributed by atoms with van der Waals surface area (Å²) in [6.45, 7) is 0. The fourth-order valence-corrected chi connectivity index (χ4v) is 0. The number of hydrogen-bond acceptors (Lipinski definition) is 2. The smallest absolute Gasteiger partial charge is 1.00 e. The molecule has 0 aromatic rings. The fraction of sp³-hybridized carbons (Fsp3) is 0. The SMILES string of the molecule is SS.[Cl-].[Cl-].[Mg+2]. The predicted molar refractivity (Wildman–Crippen MR) is 23.7 cm³/mol. The van der Waals surface area contributed by atoms with Crippen LogP contribution in [0, 0.1) is 0 Å². The number of hydrogen-bond donors (Lipinski definition) is 2. The second kappa shape index (κ2) is 36.8. The first-order chi connectivity index (χ1) is 1.00. The summed E-state index contributed by atoms with van der Waals surface area (Å²) in [5.41, 5.74) is 0. The van der Waals surface area contributed by atoms with Crippen LogP contribution in [-0.4, -0.2) is 23.1 Å². The minimum absolute atomic E-state index is 0. The first-order valence-electron chi connectivity index (χ1n) is 0.200. The van der Waals surface area contributed by atoms with Gasteiger partial charge in [0.05, 0.1) is 0 Å². The van der Waals surface area contributed by atoms with Crippen LogP contribution in [0.15, 0.2) is 0 Å². The van der Waals surface area contributed by atoms with Gasteiger partial charge in [-0.3, -0.25) is 0 Å². The van der Waals surface area contributed by atoms with E-state index in [1.54, 1.807) is 0 Å². The third-order valence-electron chi connectivity index (χ3n) is 0. The zero-order valence-electron chi connectivity index (χ0n) is 2.36. The van der Waals surface area contributed by atoms with Crippen molar-refractivity contribution in [1.29, 1.82) is 0 Å². The summed E-state index contributed by atoms with van der Waals surface area (Å²) in [5, 5.41) is 0. The molecule has 0 aromatic heterocycles. The van der Waals surface area contributed by atoms with Gasteiger partial charge in [-0.2, -0.15) is 0 Å². The molecule has 0 heterocycles. The zero-order valence-corrected chi connectivity index (χ0v) is 7.07. The molecule has 0 spiro atoms. The van der Waals surface area contributed by atoms with E-state index in [2.05, 4.69) is 23.3 Å². The maximum absolute atomic E-state index is 3.22. The Labute approximate surface area is 70.7 Å². The molecule has 5 heteroatoms. The van der Waals surface area contributed by atoms with Crippen LogP contribution in [0.25, 0.3) is 0 Å². The standard InChI is InChI=1S/2ClH.Mg.H2S2/c;;;1-2/h2*1H;;1-2H/q;;+2;/p-2. The van der Waals surface area contributed by atoms with Gasteiger partial charge in [-0.1, -0.05) is 0 Å². The van der Waals surface area contributed by atoms with E-state index < -0.39 is 0 Å². The van der Waals surface area contributed by atoms with Crippen molar-refractivity contribution < 1.29 is 24.8 Å². The van der Waals surface area contributed by atoms with Gasteiger partial charge >= 0.3 is 23.1 Å². The Morgan fingerprint density at radius 1 is 0.800 bits per heavy atom. The molecular formula is H2Cl2MgS2. The molecule has 0 aliphatic rings. The monoisotopic (exact) mass is 160 g/mol. The van der Waals surface area contributed by atoms with Crippen LogP contribution in [0.1, 0.15) is 0 Å². The zero-order chi connectivity index (χ0) is 2.00. The molecule has 0 aromatic carbocycles. The third kappa shape index (κ3) is 23.6. The summed E-state index contributed by atoms with van der Waals surface area (Å²) >= 11 is 6.44. The molecule has 0 bridgehead atoms. The van der Waals surface area contributed by atoms with E-state index in [9.17, 15) is 0 Å². The van der Waals surface area contributed by atoms with Crippen LogP contribution in [0.4, 0.5) is 0 Å². The molecule has 0 fully saturated rings. The van der Waals surface area contributed by atoms with E-state index in [1.807, 2.05) is 0 Å². The van der Waals surface area contributed by atoms with E-state index >= 15 is 0 Å². The fourth-order valence-electron chi connectivity index (χ4n) is 0. The topological polar surface area (TPSA) is 0 Å². The van der Waals surface area contributed by atoms with Gasteiger partial charge in [0, 0.05) is 0 Å². The van der Waals surface area contributed by atoms with Crippen LogP contribution in [-0.2, 0) is 0 Å². The Bertz CT molecular complexity index is 7.61. The average Bonchev–Trinajstić information content (AvgIpc) is 1.00. The molecule has 0 rings (SSSR count). The van der Waals surface area contributed by atoms with E-state index in [4.69, 9.17) is 0 Å². The molecule has 0 saturated heterocycles. The Hall–Kier alpha value is 2.05. The number of rotatable bonds is 0. The van der Waals surface area contributed by atoms with Crippen molar-refractivity contribution in [2.24, 2.45) is 0 Å². The van der Waals surface area contributed by atoms with Crippen LogP contribution in [0.2, 0.25) is 0 Å². The quantitative estimate of drug-likeness (QED) is 0.198. The summed E-state index contributed by atoms with van der Waals surface area (Å²) < 4.78 is 0. The number of thiol groups is 2. The second-order valence-electron chi connectivity index (χ2n) is 0. The van der Waals surface area contributed by atoms with Gasteiger partial charge in [0.25, 0.3) is 0 Å². The molecule has 5 heavy (non-hydrogen) atoms. The average molecular weight is 161 g/mol. The Balaban J connectivity index is -0.00000000167. The minimum Gasteiger partial charge on any atom is -1.00 e. The van der Waals surface area contributed by atoms with Crippen LogP contribution >= 0.6 is 23.3 Å². The maximum Gasteiger partial charge on any atom is 2.00 e. The van der Waals surface area contributed by atoms with Crippen molar-refractivity contribution >= 4 is 46.4 Å². The summed E-state index contributed by atoms with van der Waals surface area (Å²) in [6, 6.07) is 0. The number of halogens is 2. The Morgan fingerprint density at radius 3 is 0.800 bits per heavy atom. The normalized spacial score (nSPS) is 1.20. The van der Waals surface area contributed by atoms with Crippen molar-refractivity contribution in [2.75, 3.05) is 0 Å². The van der Waals surface area contributed by atoms with Gasteiger partial charge in [-0.25, -0.2) is 0 Å². The van der Waals surface area contributed by atoms with Crippen molar-refractivity contribution in [3.8, 4) is 0 Å². The Morgan fingerprint density at radius 2 is 0.800 bits per heavy atom. The van der Waals surface area contributed by atoms with E-state index in [1.165, 1.54) is 0 Å². The molecule has 0 unspecified atom stereocenters. The molecule has 0 radical (unpaired) electrons. The van der Waals surface area contributed by atoms with E-state index in [0.29, 0.717) is 0 Å². The van der Waals surface area contributed by atoms with Crippen LogP contribution < -0.4 is 24.8 Å². The van der Waals surface area contributed by atoms with Gasteiger partial charge in [0.15, 0.2) is 0 Å². The summed E-state index contributed by atoms with van der Waals surface area (Å²) in [5.74, 6) is 0. The van der Waals surface area contributed by atoms with Crippen LogP contribution in [0.3, 0.4) is 0 Å². The van der Waals surface area contributed by atoms with E-state index in [0.717, 1.165) is 0 Å². The van der Waals surface area contributed by atoms with Crippen LogP contribution in [0.5, 0.6) is 0 Å². The summed E-state index contributed by atoms with van der Waals surface area (Å²) in [4.78, 5) is 0. The summed E-state index contributed by atoms with van der Waals surface area (Å²) in [7, 11) is 0. The molecule has 0 nitrogen and oxygen atoms in total. The maximum atomic E-state index is 3.22. The predicted octanol–water partition coefficient (Wildman–Crippen LogP) is -5.61. The molecule has 0 N–H and O–H groups in total. The molecule has 0 saturated carbocycles. The van der Waals surface area contributed by atoms with Crippen molar-refractivity contribution in [2.45, 2.75) is 0 Å². The molecule has 0 atom stereocenters. The molecule has 0 aliphatic heterocycles. The largest absolute Gasteiger partial charge is 2.00 e. The van der Waals surface area contributed by atoms with E-state index in [-0.39, 0.29) is 47.9 Å². The van der Waals surface area contributed by atoms with Gasteiger partial charge in [-0.05, 0) is 0 Å². The molecular weight excluding hydrogens is 159 g/mol. The van der Waals surface area contributed by atoms with Crippen molar-refractivity contribution in [1.82, 2.24) is 0 Å². The second-order valence-corrected chi connectivity index (χ2v) is 0. The first-order valence-corrected chi connectivity index (χ1v) is 1.80. The van der Waals surface area contributed by atoms with Gasteiger partial charge < -0.3 is 24.8 Å². The Kier molecular flexibility index (Phi) is 204. The third-order valence-corrected chi connectivity index (χ3v) is 0. The van der Waals surface area contributed by atoms with Gasteiger partial charge in [-0.15, -0.1) is 23.3 Å². The molecule has 30 valence electrons. The van der Waals surface area contributed by atoms with Crippen molar-refractivity contribution in [3.63, 3.8) is 0 Å². The molecule has 0 aliphatic carbocycles. The van der Waals surface area contributed by atoms with Gasteiger partial charge in [0.1, 0.15) is 0 Å². The molecule has 0 amide bonds. The first kappa shape index (κ1) is 27.8. The van der Waals surface area contributed by atoms with Gasteiger partial charge in [0.2, 0.25) is 0 Å². The summed E-state index contributed by atoms with van der Waals surface area (Å²) in [6.07, 6.45) is 0.